The monoisotopic (exact) mass is 160 g/mol. The van der Waals surface area contributed by atoms with Crippen molar-refractivity contribution in [3.8, 4) is 0 Å². The Kier molecular flexibility index (Phi) is 7.83. The van der Waals surface area contributed by atoms with E-state index in [1.807, 2.05) is 14.1 Å². The summed E-state index contributed by atoms with van der Waals surface area (Å²) in [5, 5.41) is 6.38. The summed E-state index contributed by atoms with van der Waals surface area (Å²) in [6, 6.07) is 0.469. The first-order chi connectivity index (χ1) is 5.31. The Morgan fingerprint density at radius 1 is 1.18 bits per heavy atom. The van der Waals surface area contributed by atoms with E-state index in [2.05, 4.69) is 28.4 Å². The molecule has 0 saturated carbocycles. The second kappa shape index (κ2) is 7.94. The third-order valence-electron chi connectivity index (χ3n) is 1.39. The zero-order chi connectivity index (χ0) is 8.53. The summed E-state index contributed by atoms with van der Waals surface area (Å²) in [5.74, 6) is 0. The first kappa shape index (κ1) is 10.8. The molecule has 0 aliphatic heterocycles. The third kappa shape index (κ3) is 7.74. The molecule has 0 fully saturated rings. The molecule has 0 amide bonds. The minimum atomic E-state index is 0.469. The zero-order valence-electron chi connectivity index (χ0n) is 7.70. The van der Waals surface area contributed by atoms with Crippen LogP contribution in [0.3, 0.4) is 0 Å². The molecular weight excluding hydrogens is 140 g/mol. The predicted octanol–water partition coefficient (Wildman–Crippen LogP) is -1.09. The summed E-state index contributed by atoms with van der Waals surface area (Å²) in [6.45, 7) is 5.16. The van der Waals surface area contributed by atoms with Gasteiger partial charge in [-0.2, -0.15) is 0 Å². The number of nitrogens with one attached hydrogen (secondary N) is 4. The summed E-state index contributed by atoms with van der Waals surface area (Å²) >= 11 is 0. The Hall–Kier alpha value is -0.160. The Bertz CT molecular complexity index is 76.8. The van der Waals surface area contributed by atoms with Crippen LogP contribution in [-0.2, 0) is 0 Å². The van der Waals surface area contributed by atoms with Crippen LogP contribution in [0.2, 0.25) is 0 Å². The molecule has 0 aromatic heterocycles. The highest BCUT2D eigenvalue weighted by Gasteiger charge is 1.96. The Labute approximate surface area is 69.1 Å². The van der Waals surface area contributed by atoms with E-state index >= 15 is 0 Å². The summed E-state index contributed by atoms with van der Waals surface area (Å²) in [5.41, 5.74) is 5.99. The fourth-order valence-corrected chi connectivity index (χ4v) is 0.829. The molecule has 0 spiro atoms. The largest absolute Gasteiger partial charge is 0.318 e. The summed E-state index contributed by atoms with van der Waals surface area (Å²) in [6.07, 6.45) is 0. The molecule has 0 saturated heterocycles. The minimum absolute atomic E-state index is 0.469. The number of hydrogen-bond donors (Lipinski definition) is 4. The standard InChI is InChI=1S/C7H20N4/c1-7(11-9-3)6-10-5-4-8-2/h7-11H,4-6H2,1-3H3. The molecule has 0 radical (unpaired) electrons. The molecular formula is C7H20N4. The number of hydrazine groups is 1. The highest BCUT2D eigenvalue weighted by molar-refractivity contribution is 4.60. The fraction of sp³-hybridized carbons (Fsp3) is 1.00. The highest BCUT2D eigenvalue weighted by Crippen LogP contribution is 1.73. The molecule has 0 heterocycles. The number of hydrogen-bond acceptors (Lipinski definition) is 4. The van der Waals surface area contributed by atoms with Crippen molar-refractivity contribution in [3.05, 3.63) is 0 Å². The molecule has 4 N–H and O–H groups in total. The fourth-order valence-electron chi connectivity index (χ4n) is 0.829. The number of rotatable bonds is 7. The minimum Gasteiger partial charge on any atom is -0.318 e. The van der Waals surface area contributed by atoms with E-state index in [1.54, 1.807) is 0 Å². The van der Waals surface area contributed by atoms with Gasteiger partial charge < -0.3 is 10.6 Å². The van der Waals surface area contributed by atoms with Gasteiger partial charge in [-0.3, -0.25) is 10.9 Å². The van der Waals surface area contributed by atoms with Gasteiger partial charge in [0.25, 0.3) is 0 Å². The van der Waals surface area contributed by atoms with Gasteiger partial charge >= 0.3 is 0 Å². The van der Waals surface area contributed by atoms with E-state index < -0.39 is 0 Å². The molecule has 1 atom stereocenters. The second-order valence-electron chi connectivity index (χ2n) is 2.60. The van der Waals surface area contributed by atoms with Crippen LogP contribution in [0.25, 0.3) is 0 Å². The van der Waals surface area contributed by atoms with Gasteiger partial charge in [-0.25, -0.2) is 0 Å². The van der Waals surface area contributed by atoms with Gasteiger partial charge in [0.15, 0.2) is 0 Å². The van der Waals surface area contributed by atoms with Crippen LogP contribution in [-0.4, -0.2) is 39.8 Å². The molecule has 68 valence electrons. The van der Waals surface area contributed by atoms with Gasteiger partial charge in [-0.05, 0) is 21.0 Å². The Morgan fingerprint density at radius 2 is 1.91 bits per heavy atom. The maximum absolute atomic E-state index is 3.31. The van der Waals surface area contributed by atoms with Gasteiger partial charge in [0.2, 0.25) is 0 Å². The molecule has 0 aromatic carbocycles. The molecule has 0 rings (SSSR count). The van der Waals surface area contributed by atoms with E-state index in [1.165, 1.54) is 0 Å². The van der Waals surface area contributed by atoms with Gasteiger partial charge in [0.05, 0.1) is 0 Å². The van der Waals surface area contributed by atoms with Gasteiger partial charge in [-0.15, -0.1) is 0 Å². The Balaban J connectivity index is 2.97. The average Bonchev–Trinajstić information content (AvgIpc) is 1.99. The van der Waals surface area contributed by atoms with Gasteiger partial charge in [0.1, 0.15) is 0 Å². The molecule has 11 heavy (non-hydrogen) atoms. The zero-order valence-corrected chi connectivity index (χ0v) is 7.70. The maximum atomic E-state index is 3.31. The van der Waals surface area contributed by atoms with Crippen molar-refractivity contribution >= 4 is 0 Å². The van der Waals surface area contributed by atoms with Crippen LogP contribution < -0.4 is 21.5 Å². The first-order valence-corrected chi connectivity index (χ1v) is 4.08. The van der Waals surface area contributed by atoms with Crippen LogP contribution in [0.5, 0.6) is 0 Å². The van der Waals surface area contributed by atoms with E-state index in [9.17, 15) is 0 Å². The molecule has 0 aromatic rings. The van der Waals surface area contributed by atoms with E-state index in [0.717, 1.165) is 19.6 Å². The van der Waals surface area contributed by atoms with Crippen molar-refractivity contribution in [2.75, 3.05) is 33.7 Å². The van der Waals surface area contributed by atoms with Crippen molar-refractivity contribution in [1.29, 1.82) is 0 Å². The molecule has 1 unspecified atom stereocenters. The number of likely N-dealkylation sites (N-methyl/N-ethyl adjacent to an activating group) is 1. The van der Waals surface area contributed by atoms with E-state index in [0.29, 0.717) is 6.04 Å². The van der Waals surface area contributed by atoms with Crippen molar-refractivity contribution < 1.29 is 0 Å². The topological polar surface area (TPSA) is 48.1 Å². The lowest BCUT2D eigenvalue weighted by atomic mass is 10.3. The maximum Gasteiger partial charge on any atom is 0.0309 e. The normalized spacial score (nSPS) is 13.4. The summed E-state index contributed by atoms with van der Waals surface area (Å²) in [4.78, 5) is 0. The Morgan fingerprint density at radius 3 is 2.45 bits per heavy atom. The van der Waals surface area contributed by atoms with Crippen LogP contribution in [0.15, 0.2) is 0 Å². The molecule has 4 nitrogen and oxygen atoms in total. The predicted molar refractivity (Wildman–Crippen MR) is 48.5 cm³/mol. The molecule has 0 bridgehead atoms. The van der Waals surface area contributed by atoms with Crippen LogP contribution in [0.4, 0.5) is 0 Å². The van der Waals surface area contributed by atoms with Crippen molar-refractivity contribution in [2.24, 2.45) is 0 Å². The van der Waals surface area contributed by atoms with Crippen LogP contribution >= 0.6 is 0 Å². The van der Waals surface area contributed by atoms with Crippen molar-refractivity contribution in [1.82, 2.24) is 21.5 Å². The van der Waals surface area contributed by atoms with Crippen molar-refractivity contribution in [3.63, 3.8) is 0 Å². The van der Waals surface area contributed by atoms with E-state index in [4.69, 9.17) is 0 Å². The summed E-state index contributed by atoms with van der Waals surface area (Å²) in [7, 11) is 3.83. The van der Waals surface area contributed by atoms with Crippen molar-refractivity contribution in [2.45, 2.75) is 13.0 Å². The smallest absolute Gasteiger partial charge is 0.0309 e. The van der Waals surface area contributed by atoms with E-state index in [-0.39, 0.29) is 0 Å². The van der Waals surface area contributed by atoms with Crippen LogP contribution in [0.1, 0.15) is 6.92 Å². The highest BCUT2D eigenvalue weighted by atomic mass is 15.4. The second-order valence-corrected chi connectivity index (χ2v) is 2.60. The average molecular weight is 160 g/mol. The molecule has 4 heteroatoms. The van der Waals surface area contributed by atoms with Gasteiger partial charge in [-0.1, -0.05) is 0 Å². The first-order valence-electron chi connectivity index (χ1n) is 4.08. The lowest BCUT2D eigenvalue weighted by Gasteiger charge is -2.13. The molecule has 0 aliphatic carbocycles. The quantitative estimate of drug-likeness (QED) is 0.282. The lowest BCUT2D eigenvalue weighted by Crippen LogP contribution is -2.43. The van der Waals surface area contributed by atoms with Gasteiger partial charge in [0, 0.05) is 25.7 Å². The van der Waals surface area contributed by atoms with Crippen LogP contribution in [0, 0.1) is 0 Å². The lowest BCUT2D eigenvalue weighted by molar-refractivity contribution is 0.457. The summed E-state index contributed by atoms with van der Waals surface area (Å²) < 4.78 is 0. The molecule has 0 aliphatic rings. The third-order valence-corrected chi connectivity index (χ3v) is 1.39. The SMILES string of the molecule is CNCCNCC(C)NNC.